The summed E-state index contributed by atoms with van der Waals surface area (Å²) in [5, 5.41) is 10.4. The number of carbonyl (C=O) groups excluding carboxylic acids is 1. The predicted octanol–water partition coefficient (Wildman–Crippen LogP) is 7.11. The quantitative estimate of drug-likeness (QED) is 0.238. The van der Waals surface area contributed by atoms with Gasteiger partial charge in [-0.3, -0.25) is 4.79 Å². The maximum atomic E-state index is 13.7. The number of hydrogen-bond acceptors (Lipinski definition) is 4. The van der Waals surface area contributed by atoms with Crippen LogP contribution >= 0.6 is 0 Å². The zero-order chi connectivity index (χ0) is 26.1. The third-order valence-electron chi connectivity index (χ3n) is 6.29. The van der Waals surface area contributed by atoms with E-state index < -0.39 is 5.41 Å². The molecular formula is C33H29NO3. The maximum Gasteiger partial charge on any atom is 0.185 e. The highest BCUT2D eigenvalue weighted by Crippen LogP contribution is 2.43. The Kier molecular flexibility index (Phi) is 8.18. The molecule has 0 atom stereocenters. The van der Waals surface area contributed by atoms with Gasteiger partial charge in [0.25, 0.3) is 0 Å². The van der Waals surface area contributed by atoms with Crippen molar-refractivity contribution in [3.05, 3.63) is 132 Å². The number of allylic oxidation sites excluding steroid dienone is 2. The number of ether oxygens (including phenoxy) is 2. The minimum Gasteiger partial charge on any atom is -0.490 e. The Morgan fingerprint density at radius 3 is 1.62 bits per heavy atom. The van der Waals surface area contributed by atoms with Crippen molar-refractivity contribution in [1.82, 2.24) is 0 Å². The zero-order valence-electron chi connectivity index (χ0n) is 20.7. The molecule has 0 radical (unpaired) electrons. The molecule has 0 spiro atoms. The van der Waals surface area contributed by atoms with Crippen LogP contribution in [0.25, 0.3) is 12.2 Å². The molecular weight excluding hydrogens is 458 g/mol. The number of carbonyl (C=O) groups is 1. The SMILES string of the molecule is C=CCOc1ccc(/C=C2/CC(C#N)(c3ccccc3)C/C(=C/c3ccc(OCC=C)cc3)C2=O)cc1. The van der Waals surface area contributed by atoms with Gasteiger partial charge < -0.3 is 9.47 Å². The molecule has 184 valence electrons. The van der Waals surface area contributed by atoms with Crippen LogP contribution in [0.2, 0.25) is 0 Å². The minimum atomic E-state index is -0.840. The summed E-state index contributed by atoms with van der Waals surface area (Å²) in [6, 6.07) is 27.4. The molecule has 1 fully saturated rings. The molecule has 4 rings (SSSR count). The molecule has 4 heteroatoms. The molecule has 0 bridgehead atoms. The van der Waals surface area contributed by atoms with Crippen LogP contribution in [0, 0.1) is 11.3 Å². The van der Waals surface area contributed by atoms with Crippen molar-refractivity contribution in [1.29, 1.82) is 5.26 Å². The van der Waals surface area contributed by atoms with E-state index in [0.717, 1.165) is 28.2 Å². The maximum absolute atomic E-state index is 13.7. The van der Waals surface area contributed by atoms with E-state index in [1.807, 2.05) is 91.0 Å². The number of ketones is 1. The van der Waals surface area contributed by atoms with Gasteiger partial charge in [-0.05, 0) is 65.9 Å². The first kappa shape index (κ1) is 25.5. The van der Waals surface area contributed by atoms with Crippen molar-refractivity contribution in [3.8, 4) is 17.6 Å². The summed E-state index contributed by atoms with van der Waals surface area (Å²) in [6.07, 6.45) is 7.83. The molecule has 0 heterocycles. The summed E-state index contributed by atoms with van der Waals surface area (Å²) in [4.78, 5) is 13.7. The zero-order valence-corrected chi connectivity index (χ0v) is 20.7. The van der Waals surface area contributed by atoms with Crippen LogP contribution in [0.3, 0.4) is 0 Å². The van der Waals surface area contributed by atoms with Gasteiger partial charge in [-0.15, -0.1) is 0 Å². The highest BCUT2D eigenvalue weighted by atomic mass is 16.5. The van der Waals surface area contributed by atoms with Gasteiger partial charge in [-0.2, -0.15) is 5.26 Å². The van der Waals surface area contributed by atoms with E-state index in [-0.39, 0.29) is 5.78 Å². The second-order valence-corrected chi connectivity index (χ2v) is 8.92. The monoisotopic (exact) mass is 487 g/mol. The van der Waals surface area contributed by atoms with Gasteiger partial charge in [0.15, 0.2) is 5.78 Å². The smallest absolute Gasteiger partial charge is 0.185 e. The fraction of sp³-hybridized carbons (Fsp3) is 0.152. The topological polar surface area (TPSA) is 59.3 Å². The Morgan fingerprint density at radius 2 is 1.22 bits per heavy atom. The van der Waals surface area contributed by atoms with E-state index in [4.69, 9.17) is 9.47 Å². The van der Waals surface area contributed by atoms with Crippen LogP contribution in [-0.4, -0.2) is 19.0 Å². The molecule has 0 N–H and O–H groups in total. The van der Waals surface area contributed by atoms with E-state index >= 15 is 0 Å². The molecule has 1 aliphatic carbocycles. The lowest BCUT2D eigenvalue weighted by molar-refractivity contribution is -0.113. The number of hydrogen-bond donors (Lipinski definition) is 0. The third kappa shape index (κ3) is 6.15. The van der Waals surface area contributed by atoms with Gasteiger partial charge in [0.1, 0.15) is 24.7 Å². The average molecular weight is 488 g/mol. The normalized spacial score (nSPS) is 19.3. The second-order valence-electron chi connectivity index (χ2n) is 8.92. The van der Waals surface area contributed by atoms with Crippen molar-refractivity contribution >= 4 is 17.9 Å². The van der Waals surface area contributed by atoms with Crippen LogP contribution in [0.1, 0.15) is 29.5 Å². The molecule has 1 aliphatic rings. The number of nitriles is 1. The first-order valence-corrected chi connectivity index (χ1v) is 12.2. The molecule has 0 aromatic heterocycles. The van der Waals surface area contributed by atoms with E-state index in [1.165, 1.54) is 0 Å². The Bertz CT molecular complexity index is 1280. The highest BCUT2D eigenvalue weighted by Gasteiger charge is 2.41. The standard InChI is InChI=1S/C33H29NO3/c1-3-18-36-30-14-10-25(11-15-30)20-27-22-33(24-34,29-8-6-5-7-9-29)23-28(32(27)35)21-26-12-16-31(17-13-26)37-19-4-2/h3-17,20-21H,1-2,18-19,22-23H2/b27-20-,28-21-. The van der Waals surface area contributed by atoms with E-state index in [9.17, 15) is 10.1 Å². The number of nitrogens with zero attached hydrogens (tertiary/aromatic N) is 1. The van der Waals surface area contributed by atoms with Crippen LogP contribution in [0.5, 0.6) is 11.5 Å². The molecule has 1 saturated carbocycles. The van der Waals surface area contributed by atoms with Crippen molar-refractivity contribution in [2.24, 2.45) is 0 Å². The second kappa shape index (κ2) is 11.9. The van der Waals surface area contributed by atoms with Crippen LogP contribution in [0.15, 0.2) is 115 Å². The van der Waals surface area contributed by atoms with Crippen molar-refractivity contribution < 1.29 is 14.3 Å². The first-order valence-electron chi connectivity index (χ1n) is 12.2. The van der Waals surface area contributed by atoms with E-state index in [2.05, 4.69) is 19.2 Å². The van der Waals surface area contributed by atoms with Gasteiger partial charge >= 0.3 is 0 Å². The summed E-state index contributed by atoms with van der Waals surface area (Å²) >= 11 is 0. The molecule has 0 aliphatic heterocycles. The summed E-state index contributed by atoms with van der Waals surface area (Å²) in [5.74, 6) is 1.42. The number of Topliss-reactive ketones (excluding diaryl/α,β-unsaturated/α-hetero) is 1. The van der Waals surface area contributed by atoms with Crippen molar-refractivity contribution in [2.75, 3.05) is 13.2 Å². The Morgan fingerprint density at radius 1 is 0.757 bits per heavy atom. The summed E-state index contributed by atoms with van der Waals surface area (Å²) in [6.45, 7) is 8.18. The molecule has 37 heavy (non-hydrogen) atoms. The summed E-state index contributed by atoms with van der Waals surface area (Å²) in [7, 11) is 0. The van der Waals surface area contributed by atoms with E-state index in [1.54, 1.807) is 12.2 Å². The van der Waals surface area contributed by atoms with Crippen molar-refractivity contribution in [2.45, 2.75) is 18.3 Å². The molecule has 0 amide bonds. The van der Waals surface area contributed by atoms with Crippen LogP contribution in [0.4, 0.5) is 0 Å². The van der Waals surface area contributed by atoms with Gasteiger partial charge in [-0.25, -0.2) is 0 Å². The van der Waals surface area contributed by atoms with Gasteiger partial charge in [-0.1, -0.05) is 79.9 Å². The summed E-state index contributed by atoms with van der Waals surface area (Å²) < 4.78 is 11.1. The van der Waals surface area contributed by atoms with Crippen molar-refractivity contribution in [3.63, 3.8) is 0 Å². The van der Waals surface area contributed by atoms with Crippen LogP contribution < -0.4 is 9.47 Å². The highest BCUT2D eigenvalue weighted by molar-refractivity contribution is 6.14. The van der Waals surface area contributed by atoms with Gasteiger partial charge in [0.2, 0.25) is 0 Å². The molecule has 4 nitrogen and oxygen atoms in total. The fourth-order valence-electron chi connectivity index (χ4n) is 4.45. The fourth-order valence-corrected chi connectivity index (χ4v) is 4.45. The molecule has 3 aromatic carbocycles. The minimum absolute atomic E-state index is 0.0410. The molecule has 3 aromatic rings. The average Bonchev–Trinajstić information content (AvgIpc) is 2.95. The number of benzene rings is 3. The number of rotatable bonds is 9. The largest absolute Gasteiger partial charge is 0.490 e. The van der Waals surface area contributed by atoms with Gasteiger partial charge in [0, 0.05) is 11.1 Å². The lowest BCUT2D eigenvalue weighted by Crippen LogP contribution is -2.33. The first-order chi connectivity index (χ1) is 18.1. The van der Waals surface area contributed by atoms with Gasteiger partial charge in [0.05, 0.1) is 11.5 Å². The van der Waals surface area contributed by atoms with Crippen LogP contribution in [-0.2, 0) is 10.2 Å². The molecule has 0 unspecified atom stereocenters. The summed E-state index contributed by atoms with van der Waals surface area (Å²) in [5.41, 5.74) is 3.02. The Hall–Kier alpha value is -4.62. The Labute approximate surface area is 218 Å². The van der Waals surface area contributed by atoms with E-state index in [0.29, 0.717) is 37.2 Å². The molecule has 0 saturated heterocycles. The predicted molar refractivity (Wildman–Crippen MR) is 148 cm³/mol. The Balaban J connectivity index is 1.72. The lowest BCUT2D eigenvalue weighted by Gasteiger charge is -2.33. The lowest BCUT2D eigenvalue weighted by atomic mass is 9.66. The third-order valence-corrected chi connectivity index (χ3v) is 6.29.